The molecule has 2 heterocycles. The lowest BCUT2D eigenvalue weighted by molar-refractivity contribution is 0.475. The highest BCUT2D eigenvalue weighted by Gasteiger charge is 2.10. The number of nitrogens with zero attached hydrogens (tertiary/aromatic N) is 2. The van der Waals surface area contributed by atoms with Crippen LogP contribution in [0.15, 0.2) is 65.8 Å². The van der Waals surface area contributed by atoms with Crippen LogP contribution in [0.3, 0.4) is 0 Å². The zero-order valence-corrected chi connectivity index (χ0v) is 12.7. The number of phenols is 1. The molecule has 4 aromatic rings. The average Bonchev–Trinajstić information content (AvgIpc) is 3.02. The normalized spacial score (nSPS) is 11.9. The van der Waals surface area contributed by atoms with Gasteiger partial charge in [0, 0.05) is 22.5 Å². The summed E-state index contributed by atoms with van der Waals surface area (Å²) in [7, 11) is 0. The van der Waals surface area contributed by atoms with E-state index in [2.05, 4.69) is 9.98 Å². The summed E-state index contributed by atoms with van der Waals surface area (Å²) in [5.41, 5.74) is 3.16. The summed E-state index contributed by atoms with van der Waals surface area (Å²) in [6.45, 7) is 0. The highest BCUT2D eigenvalue weighted by Crippen LogP contribution is 2.28. The Hall–Kier alpha value is -3.47. The minimum absolute atomic E-state index is 0.193. The largest absolute Gasteiger partial charge is 0.508 e. The third-order valence-corrected chi connectivity index (χ3v) is 3.94. The van der Waals surface area contributed by atoms with Gasteiger partial charge in [0.25, 0.3) is 0 Å². The molecule has 3 N–H and O–H groups in total. The van der Waals surface area contributed by atoms with Gasteiger partial charge in [-0.2, -0.15) is 0 Å². The minimum Gasteiger partial charge on any atom is -0.508 e. The monoisotopic (exact) mass is 314 g/mol. The Labute approximate surface area is 137 Å². The molecule has 4 rings (SSSR count). The van der Waals surface area contributed by atoms with Gasteiger partial charge in [-0.05, 0) is 24.3 Å². The summed E-state index contributed by atoms with van der Waals surface area (Å²) in [6, 6.07) is 16.7. The number of aromatic hydroxyl groups is 1. The Morgan fingerprint density at radius 2 is 1.92 bits per heavy atom. The van der Waals surface area contributed by atoms with E-state index in [1.165, 1.54) is 0 Å². The van der Waals surface area contributed by atoms with Crippen LogP contribution in [0.5, 0.6) is 5.75 Å². The van der Waals surface area contributed by atoms with E-state index in [1.807, 2.05) is 42.6 Å². The molecule has 0 fully saturated rings. The maximum atomic E-state index is 9.83. The molecule has 0 unspecified atom stereocenters. The van der Waals surface area contributed by atoms with E-state index in [-0.39, 0.29) is 5.75 Å². The highest BCUT2D eigenvalue weighted by atomic mass is 16.3. The Balaban J connectivity index is 2.27. The van der Waals surface area contributed by atoms with E-state index in [1.54, 1.807) is 18.2 Å². The molecule has 2 aromatic carbocycles. The van der Waals surface area contributed by atoms with E-state index >= 15 is 0 Å². The number of hydrogen-bond donors (Lipinski definition) is 3. The molecule has 116 valence electrons. The number of nitrogens with one attached hydrogen (secondary N) is 2. The lowest BCUT2D eigenvalue weighted by Gasteiger charge is -2.01. The van der Waals surface area contributed by atoms with Crippen LogP contribution in [0, 0.1) is 5.41 Å². The van der Waals surface area contributed by atoms with E-state index < -0.39 is 0 Å². The standard InChI is InChI=1S/C19H14N4O/c20-11-22-18-14-6-1-2-7-16(14)23-17(15-8-9-21-19(15)18)12-4-3-5-13(24)10-12/h1-11,20-21,24H. The fourth-order valence-corrected chi connectivity index (χ4v) is 2.92. The van der Waals surface area contributed by atoms with Gasteiger partial charge in [0.15, 0.2) is 0 Å². The lowest BCUT2D eigenvalue weighted by Crippen LogP contribution is -2.02. The molecular formula is C19H14N4O. The second-order valence-corrected chi connectivity index (χ2v) is 5.40. The molecular weight excluding hydrogens is 300 g/mol. The zero-order valence-electron chi connectivity index (χ0n) is 12.7. The van der Waals surface area contributed by atoms with Crippen LogP contribution in [0.25, 0.3) is 33.1 Å². The quantitative estimate of drug-likeness (QED) is 0.390. The van der Waals surface area contributed by atoms with Gasteiger partial charge in [0.05, 0.1) is 22.1 Å². The molecule has 0 saturated heterocycles. The molecule has 0 saturated carbocycles. The predicted octanol–water partition coefficient (Wildman–Crippen LogP) is 3.60. The molecule has 5 nitrogen and oxygen atoms in total. The van der Waals surface area contributed by atoms with Crippen LogP contribution in [0.1, 0.15) is 0 Å². The average molecular weight is 314 g/mol. The lowest BCUT2D eigenvalue weighted by atomic mass is 10.1. The van der Waals surface area contributed by atoms with Crippen molar-refractivity contribution in [3.8, 4) is 17.0 Å². The second kappa shape index (κ2) is 5.62. The highest BCUT2D eigenvalue weighted by molar-refractivity contribution is 5.98. The molecule has 2 aromatic heterocycles. The molecule has 0 radical (unpaired) electrons. The van der Waals surface area contributed by atoms with Gasteiger partial charge in [-0.25, -0.2) is 9.98 Å². The van der Waals surface area contributed by atoms with Crippen molar-refractivity contribution in [3.05, 3.63) is 66.2 Å². The van der Waals surface area contributed by atoms with E-state index in [0.717, 1.165) is 39.4 Å². The Morgan fingerprint density at radius 3 is 2.75 bits per heavy atom. The zero-order chi connectivity index (χ0) is 16.5. The van der Waals surface area contributed by atoms with Gasteiger partial charge in [-0.1, -0.05) is 30.3 Å². The summed E-state index contributed by atoms with van der Waals surface area (Å²) >= 11 is 0. The van der Waals surface area contributed by atoms with Crippen molar-refractivity contribution in [2.75, 3.05) is 0 Å². The van der Waals surface area contributed by atoms with Gasteiger partial charge in [-0.3, -0.25) is 5.41 Å². The molecule has 24 heavy (non-hydrogen) atoms. The predicted molar refractivity (Wildman–Crippen MR) is 95.0 cm³/mol. The number of benzene rings is 2. The molecule has 0 aliphatic heterocycles. The van der Waals surface area contributed by atoms with Gasteiger partial charge in [-0.15, -0.1) is 0 Å². The topological polar surface area (TPSA) is 85.1 Å². The van der Waals surface area contributed by atoms with Crippen LogP contribution >= 0.6 is 0 Å². The van der Waals surface area contributed by atoms with Gasteiger partial charge >= 0.3 is 0 Å². The first-order valence-electron chi connectivity index (χ1n) is 7.50. The number of aromatic nitrogens is 2. The van der Waals surface area contributed by atoms with Crippen LogP contribution in [0.2, 0.25) is 0 Å². The van der Waals surface area contributed by atoms with E-state index in [4.69, 9.17) is 10.4 Å². The van der Waals surface area contributed by atoms with Crippen molar-refractivity contribution >= 4 is 28.1 Å². The molecule has 0 aliphatic carbocycles. The van der Waals surface area contributed by atoms with Gasteiger partial charge in [0.2, 0.25) is 0 Å². The first-order chi connectivity index (χ1) is 11.8. The van der Waals surface area contributed by atoms with Crippen LogP contribution in [-0.4, -0.2) is 21.4 Å². The van der Waals surface area contributed by atoms with Crippen LogP contribution in [0.4, 0.5) is 0 Å². The Kier molecular flexibility index (Phi) is 3.31. The molecule has 0 atom stereocenters. The second-order valence-electron chi connectivity index (χ2n) is 5.40. The Bertz CT molecular complexity index is 1140. The smallest absolute Gasteiger partial charge is 0.116 e. The maximum absolute atomic E-state index is 9.83. The number of phenolic OH excluding ortho intramolecular Hbond substituents is 1. The summed E-state index contributed by atoms with van der Waals surface area (Å²) in [5, 5.41) is 19.6. The third-order valence-electron chi connectivity index (χ3n) is 3.94. The SMILES string of the molecule is N=CN=c1c2ccccc2nc(-c2cccc(O)c2)c2cc[nH]c12. The summed E-state index contributed by atoms with van der Waals surface area (Å²) < 4.78 is 0. The molecule has 0 spiro atoms. The number of rotatable bonds is 2. The maximum Gasteiger partial charge on any atom is 0.116 e. The third kappa shape index (κ3) is 2.23. The summed E-state index contributed by atoms with van der Waals surface area (Å²) in [5.74, 6) is 0.193. The number of fused-ring (bicyclic) bond motifs is 2. The van der Waals surface area contributed by atoms with Crippen LogP contribution < -0.4 is 5.36 Å². The van der Waals surface area contributed by atoms with Crippen molar-refractivity contribution in [1.29, 1.82) is 5.41 Å². The number of para-hydroxylation sites is 1. The molecule has 5 heteroatoms. The van der Waals surface area contributed by atoms with E-state index in [9.17, 15) is 5.11 Å². The van der Waals surface area contributed by atoms with Crippen molar-refractivity contribution in [3.63, 3.8) is 0 Å². The minimum atomic E-state index is 0.193. The number of aromatic amines is 1. The molecule has 0 amide bonds. The summed E-state index contributed by atoms with van der Waals surface area (Å²) in [6.07, 6.45) is 2.87. The van der Waals surface area contributed by atoms with Crippen molar-refractivity contribution in [1.82, 2.24) is 9.97 Å². The molecule has 0 aliphatic rings. The summed E-state index contributed by atoms with van der Waals surface area (Å²) in [4.78, 5) is 12.3. The number of hydrogen-bond acceptors (Lipinski definition) is 3. The fraction of sp³-hybridized carbons (Fsp3) is 0. The van der Waals surface area contributed by atoms with Crippen LogP contribution in [-0.2, 0) is 0 Å². The van der Waals surface area contributed by atoms with Crippen molar-refractivity contribution in [2.24, 2.45) is 4.99 Å². The fourth-order valence-electron chi connectivity index (χ4n) is 2.92. The van der Waals surface area contributed by atoms with E-state index in [0.29, 0.717) is 5.36 Å². The molecule has 0 bridgehead atoms. The van der Waals surface area contributed by atoms with Gasteiger partial charge < -0.3 is 10.1 Å². The number of H-pyrrole nitrogens is 1. The van der Waals surface area contributed by atoms with Crippen molar-refractivity contribution in [2.45, 2.75) is 0 Å². The Morgan fingerprint density at radius 1 is 1.04 bits per heavy atom. The van der Waals surface area contributed by atoms with Crippen molar-refractivity contribution < 1.29 is 5.11 Å². The first kappa shape index (κ1) is 14.1. The van der Waals surface area contributed by atoms with Gasteiger partial charge in [0.1, 0.15) is 12.1 Å². The first-order valence-corrected chi connectivity index (χ1v) is 7.50.